The Bertz CT molecular complexity index is 766. The second-order valence-corrected chi connectivity index (χ2v) is 5.70. The lowest BCUT2D eigenvalue weighted by Gasteiger charge is -2.08. The van der Waals surface area contributed by atoms with Gasteiger partial charge in [-0.2, -0.15) is 4.68 Å². The first-order chi connectivity index (χ1) is 11.4. The standard InChI is InChI=1S/C16H22N4O4/c1-5-24-15(22)13-12(9-8-11-7-6-10-19(11)4)14(21)20(17-13)16(23)18(2)3/h9,17H,5-7,10H2,1-4H3. The summed E-state index contributed by atoms with van der Waals surface area (Å²) < 4.78 is 5.75. The number of nitrogens with zero attached hydrogens (tertiary/aromatic N) is 3. The number of carbonyl (C=O) groups is 2. The summed E-state index contributed by atoms with van der Waals surface area (Å²) in [7, 11) is 4.98. The van der Waals surface area contributed by atoms with E-state index in [9.17, 15) is 14.4 Å². The lowest BCUT2D eigenvalue weighted by molar-refractivity contribution is 0.0518. The Hall–Kier alpha value is -2.73. The molecule has 0 saturated carbocycles. The highest BCUT2D eigenvalue weighted by molar-refractivity contribution is 5.92. The number of esters is 1. The van der Waals surface area contributed by atoms with Gasteiger partial charge in [0.2, 0.25) is 0 Å². The van der Waals surface area contributed by atoms with Crippen LogP contribution < -0.4 is 5.56 Å². The minimum absolute atomic E-state index is 0.0502. The van der Waals surface area contributed by atoms with E-state index in [0.717, 1.165) is 29.8 Å². The fourth-order valence-electron chi connectivity index (χ4n) is 2.42. The third-order valence-electron chi connectivity index (χ3n) is 3.73. The van der Waals surface area contributed by atoms with Gasteiger partial charge in [-0.15, -0.1) is 0 Å². The molecule has 2 rings (SSSR count). The lowest BCUT2D eigenvalue weighted by Crippen LogP contribution is -2.34. The van der Waals surface area contributed by atoms with Crippen molar-refractivity contribution in [1.82, 2.24) is 19.6 Å². The molecule has 1 saturated heterocycles. The number of allylic oxidation sites excluding steroid dienone is 1. The number of amides is 1. The monoisotopic (exact) mass is 334 g/mol. The van der Waals surface area contributed by atoms with E-state index < -0.39 is 17.6 Å². The van der Waals surface area contributed by atoms with E-state index in [0.29, 0.717) is 0 Å². The van der Waals surface area contributed by atoms with Crippen LogP contribution in [0.2, 0.25) is 0 Å². The normalized spacial score (nSPS) is 13.7. The highest BCUT2D eigenvalue weighted by Gasteiger charge is 2.23. The van der Waals surface area contributed by atoms with Crippen molar-refractivity contribution in [3.63, 3.8) is 0 Å². The number of aromatic amines is 1. The van der Waals surface area contributed by atoms with Crippen LogP contribution in [-0.2, 0) is 4.74 Å². The van der Waals surface area contributed by atoms with E-state index in [-0.39, 0.29) is 17.9 Å². The van der Waals surface area contributed by atoms with Gasteiger partial charge in [0.05, 0.1) is 17.9 Å². The Kier molecular flexibility index (Phi) is 5.31. The first kappa shape index (κ1) is 17.6. The van der Waals surface area contributed by atoms with E-state index in [1.807, 2.05) is 11.9 Å². The zero-order valence-corrected chi connectivity index (χ0v) is 14.4. The molecular weight excluding hydrogens is 312 g/mol. The van der Waals surface area contributed by atoms with Gasteiger partial charge in [0.15, 0.2) is 5.69 Å². The zero-order chi connectivity index (χ0) is 17.9. The average molecular weight is 334 g/mol. The third-order valence-corrected chi connectivity index (χ3v) is 3.73. The van der Waals surface area contributed by atoms with Crippen LogP contribution >= 0.6 is 0 Å². The molecule has 130 valence electrons. The smallest absolute Gasteiger partial charge is 0.357 e. The molecule has 0 spiro atoms. The van der Waals surface area contributed by atoms with E-state index >= 15 is 0 Å². The fourth-order valence-corrected chi connectivity index (χ4v) is 2.42. The van der Waals surface area contributed by atoms with Crippen LogP contribution in [0.25, 0.3) is 6.08 Å². The van der Waals surface area contributed by atoms with E-state index in [2.05, 4.69) is 10.8 Å². The van der Waals surface area contributed by atoms with Crippen molar-refractivity contribution < 1.29 is 14.3 Å². The van der Waals surface area contributed by atoms with Gasteiger partial charge in [0, 0.05) is 27.7 Å². The van der Waals surface area contributed by atoms with Crippen molar-refractivity contribution >= 4 is 18.1 Å². The molecule has 8 nitrogen and oxygen atoms in total. The Morgan fingerprint density at radius 1 is 1.42 bits per heavy atom. The van der Waals surface area contributed by atoms with Gasteiger partial charge in [-0.25, -0.2) is 9.59 Å². The topological polar surface area (TPSA) is 87.6 Å². The number of ether oxygens (including phenoxy) is 1. The maximum atomic E-state index is 12.5. The molecule has 1 aliphatic heterocycles. The van der Waals surface area contributed by atoms with Crippen molar-refractivity contribution in [2.24, 2.45) is 0 Å². The zero-order valence-electron chi connectivity index (χ0n) is 14.4. The van der Waals surface area contributed by atoms with E-state index in [1.54, 1.807) is 6.92 Å². The Balaban J connectivity index is 2.55. The van der Waals surface area contributed by atoms with Crippen LogP contribution in [0.4, 0.5) is 4.79 Å². The van der Waals surface area contributed by atoms with Gasteiger partial charge in [-0.1, -0.05) is 5.73 Å². The van der Waals surface area contributed by atoms with Gasteiger partial charge in [-0.05, 0) is 25.8 Å². The number of aromatic nitrogens is 2. The minimum atomic E-state index is -0.683. The molecule has 0 unspecified atom stereocenters. The third kappa shape index (κ3) is 3.44. The average Bonchev–Trinajstić information content (AvgIpc) is 3.08. The summed E-state index contributed by atoms with van der Waals surface area (Å²) in [5.41, 5.74) is 3.42. The summed E-state index contributed by atoms with van der Waals surface area (Å²) in [6, 6.07) is -0.573. The lowest BCUT2D eigenvalue weighted by atomic mass is 10.2. The summed E-state index contributed by atoms with van der Waals surface area (Å²) in [6.07, 6.45) is 3.33. The Labute approximate surface area is 140 Å². The van der Waals surface area contributed by atoms with Crippen molar-refractivity contribution in [2.45, 2.75) is 19.8 Å². The number of carbonyl (C=O) groups excluding carboxylic acids is 2. The van der Waals surface area contributed by atoms with Crippen LogP contribution in [0, 0.1) is 0 Å². The summed E-state index contributed by atoms with van der Waals surface area (Å²) in [5.74, 6) is -0.683. The number of hydrogen-bond acceptors (Lipinski definition) is 5. The van der Waals surface area contributed by atoms with Crippen LogP contribution in [0.3, 0.4) is 0 Å². The molecule has 0 aromatic carbocycles. The molecule has 2 heterocycles. The largest absolute Gasteiger partial charge is 0.461 e. The molecular formula is C16H22N4O4. The van der Waals surface area contributed by atoms with Gasteiger partial charge >= 0.3 is 12.0 Å². The second kappa shape index (κ2) is 7.23. The summed E-state index contributed by atoms with van der Waals surface area (Å²) in [4.78, 5) is 40.0. The molecule has 8 heteroatoms. The van der Waals surface area contributed by atoms with Gasteiger partial charge in [0.25, 0.3) is 5.56 Å². The quantitative estimate of drug-likeness (QED) is 0.661. The number of nitrogens with one attached hydrogen (secondary N) is 1. The maximum absolute atomic E-state index is 12.5. The number of rotatable bonds is 3. The molecule has 0 radical (unpaired) electrons. The molecule has 1 N–H and O–H groups in total. The van der Waals surface area contributed by atoms with Gasteiger partial charge < -0.3 is 14.5 Å². The molecule has 0 atom stereocenters. The van der Waals surface area contributed by atoms with E-state index in [4.69, 9.17) is 4.74 Å². The number of H-pyrrole nitrogens is 1. The van der Waals surface area contributed by atoms with Crippen LogP contribution in [0.15, 0.2) is 16.2 Å². The number of hydrogen-bond donors (Lipinski definition) is 1. The molecule has 0 bridgehead atoms. The van der Waals surface area contributed by atoms with Crippen molar-refractivity contribution in [3.05, 3.63) is 33.0 Å². The highest BCUT2D eigenvalue weighted by atomic mass is 16.5. The summed E-state index contributed by atoms with van der Waals surface area (Å²) in [5, 5.41) is 2.55. The molecule has 1 aliphatic rings. The minimum Gasteiger partial charge on any atom is -0.461 e. The van der Waals surface area contributed by atoms with Crippen LogP contribution in [0.5, 0.6) is 0 Å². The van der Waals surface area contributed by atoms with Gasteiger partial charge in [0.1, 0.15) is 0 Å². The molecule has 0 aliphatic carbocycles. The maximum Gasteiger partial charge on any atom is 0.357 e. The van der Waals surface area contributed by atoms with E-state index in [1.165, 1.54) is 25.1 Å². The summed E-state index contributed by atoms with van der Waals surface area (Å²) in [6.45, 7) is 2.76. The van der Waals surface area contributed by atoms with Crippen molar-refractivity contribution in [3.8, 4) is 0 Å². The van der Waals surface area contributed by atoms with Crippen LogP contribution in [-0.4, -0.2) is 65.9 Å². The molecule has 1 aromatic rings. The number of likely N-dealkylation sites (tertiary alicyclic amines) is 1. The van der Waals surface area contributed by atoms with Gasteiger partial charge in [-0.3, -0.25) is 9.89 Å². The van der Waals surface area contributed by atoms with Crippen molar-refractivity contribution in [2.75, 3.05) is 34.3 Å². The molecule has 1 fully saturated rings. The first-order valence-electron chi connectivity index (χ1n) is 7.77. The predicted molar refractivity (Wildman–Crippen MR) is 88.8 cm³/mol. The molecule has 24 heavy (non-hydrogen) atoms. The summed E-state index contributed by atoms with van der Waals surface area (Å²) >= 11 is 0. The van der Waals surface area contributed by atoms with Crippen LogP contribution in [0.1, 0.15) is 35.8 Å². The fraction of sp³-hybridized carbons (Fsp3) is 0.500. The Morgan fingerprint density at radius 2 is 2.12 bits per heavy atom. The first-order valence-corrected chi connectivity index (χ1v) is 7.77. The highest BCUT2D eigenvalue weighted by Crippen LogP contribution is 2.17. The second-order valence-electron chi connectivity index (χ2n) is 5.70. The Morgan fingerprint density at radius 3 is 2.67 bits per heavy atom. The predicted octanol–water partition coefficient (Wildman–Crippen LogP) is 1.10. The SMILES string of the molecule is CCOC(=O)c1[nH]n(C(=O)N(C)C)c(=O)c1C=C=C1CCCN1C. The molecule has 1 amide bonds. The molecule has 1 aromatic heterocycles. The van der Waals surface area contributed by atoms with Crippen molar-refractivity contribution in [1.29, 1.82) is 0 Å².